The summed E-state index contributed by atoms with van der Waals surface area (Å²) < 4.78 is 0. The predicted octanol–water partition coefficient (Wildman–Crippen LogP) is 2.35. The Kier molecular flexibility index (Phi) is 4.18. The van der Waals surface area contributed by atoms with E-state index in [1.165, 1.54) is 0 Å². The maximum atomic E-state index is 12.2. The van der Waals surface area contributed by atoms with Crippen LogP contribution in [-0.4, -0.2) is 25.0 Å². The Balaban J connectivity index is 2.01. The van der Waals surface area contributed by atoms with E-state index >= 15 is 0 Å². The van der Waals surface area contributed by atoms with E-state index < -0.39 is 0 Å². The number of thiophene rings is 1. The summed E-state index contributed by atoms with van der Waals surface area (Å²) in [5.74, 6) is 0.504. The molecule has 1 aliphatic heterocycles. The fourth-order valence-corrected chi connectivity index (χ4v) is 3.14. The maximum absolute atomic E-state index is 12.2. The molecule has 1 fully saturated rings. The lowest BCUT2D eigenvalue weighted by molar-refractivity contribution is 0.0933. The van der Waals surface area contributed by atoms with Crippen molar-refractivity contribution in [2.75, 3.05) is 13.1 Å². The van der Waals surface area contributed by atoms with Crippen molar-refractivity contribution in [1.82, 2.24) is 10.6 Å². The summed E-state index contributed by atoms with van der Waals surface area (Å²) in [6, 6.07) is 2.35. The van der Waals surface area contributed by atoms with Crippen molar-refractivity contribution in [3.8, 4) is 0 Å². The third-order valence-electron chi connectivity index (χ3n) is 3.16. The molecule has 1 atom stereocenters. The Hall–Kier alpha value is -0.870. The highest BCUT2D eigenvalue weighted by atomic mass is 32.1. The quantitative estimate of drug-likeness (QED) is 0.867. The molecule has 0 bridgehead atoms. The molecule has 0 spiro atoms. The molecular weight excluding hydrogens is 232 g/mol. The van der Waals surface area contributed by atoms with Crippen molar-refractivity contribution in [1.29, 1.82) is 0 Å². The van der Waals surface area contributed by atoms with Gasteiger partial charge in [0.2, 0.25) is 0 Å². The van der Waals surface area contributed by atoms with Gasteiger partial charge in [-0.15, -0.1) is 11.3 Å². The van der Waals surface area contributed by atoms with Crippen LogP contribution in [0.15, 0.2) is 11.4 Å². The Morgan fingerprint density at radius 2 is 2.41 bits per heavy atom. The van der Waals surface area contributed by atoms with Gasteiger partial charge >= 0.3 is 0 Å². The predicted molar refractivity (Wildman–Crippen MR) is 71.8 cm³/mol. The van der Waals surface area contributed by atoms with E-state index in [2.05, 4.69) is 30.5 Å². The number of carbonyl (C=O) groups is 1. The molecule has 0 aliphatic carbocycles. The summed E-state index contributed by atoms with van der Waals surface area (Å²) in [6.07, 6.45) is 2.23. The van der Waals surface area contributed by atoms with Crippen LogP contribution in [0.2, 0.25) is 0 Å². The highest BCUT2D eigenvalue weighted by Gasteiger charge is 2.20. The second-order valence-electron chi connectivity index (χ2n) is 4.88. The van der Waals surface area contributed by atoms with E-state index in [0.717, 1.165) is 36.4 Å². The monoisotopic (exact) mass is 252 g/mol. The molecule has 4 heteroatoms. The van der Waals surface area contributed by atoms with Crippen LogP contribution >= 0.6 is 11.3 Å². The van der Waals surface area contributed by atoms with Crippen molar-refractivity contribution < 1.29 is 4.79 Å². The second-order valence-corrected chi connectivity index (χ2v) is 5.79. The van der Waals surface area contributed by atoms with Gasteiger partial charge in [-0.2, -0.15) is 0 Å². The van der Waals surface area contributed by atoms with Crippen molar-refractivity contribution in [3.63, 3.8) is 0 Å². The van der Waals surface area contributed by atoms with Gasteiger partial charge in [-0.05, 0) is 42.3 Å². The van der Waals surface area contributed by atoms with Crippen LogP contribution in [0, 0.1) is 0 Å². The van der Waals surface area contributed by atoms with Crippen LogP contribution in [0.3, 0.4) is 0 Å². The lowest BCUT2D eigenvalue weighted by atomic mass is 10.0. The summed E-state index contributed by atoms with van der Waals surface area (Å²) >= 11 is 1.54. The minimum atomic E-state index is 0.0948. The molecule has 0 saturated carbocycles. The van der Waals surface area contributed by atoms with E-state index in [-0.39, 0.29) is 5.91 Å². The topological polar surface area (TPSA) is 41.1 Å². The smallest absolute Gasteiger partial charge is 0.261 e. The van der Waals surface area contributed by atoms with Crippen molar-refractivity contribution in [3.05, 3.63) is 21.9 Å². The van der Waals surface area contributed by atoms with Crippen LogP contribution in [0.25, 0.3) is 0 Å². The molecular formula is C13H20N2OS. The first-order valence-corrected chi connectivity index (χ1v) is 7.15. The molecule has 94 valence electrons. The maximum Gasteiger partial charge on any atom is 0.261 e. The average Bonchev–Trinajstić information content (AvgIpc) is 2.79. The van der Waals surface area contributed by atoms with Gasteiger partial charge in [-0.25, -0.2) is 0 Å². The fraction of sp³-hybridized carbons (Fsp3) is 0.615. The van der Waals surface area contributed by atoms with Gasteiger partial charge in [0.25, 0.3) is 5.91 Å². The number of nitrogens with one attached hydrogen (secondary N) is 2. The number of rotatable bonds is 3. The summed E-state index contributed by atoms with van der Waals surface area (Å²) in [4.78, 5) is 13.1. The highest BCUT2D eigenvalue weighted by Crippen LogP contribution is 2.24. The number of hydrogen-bond donors (Lipinski definition) is 2. The SMILES string of the molecule is CC(C)c1ccsc1C(=O)N[C@H]1CCCNC1. The van der Waals surface area contributed by atoms with Crippen molar-refractivity contribution in [2.45, 2.75) is 38.6 Å². The number of carbonyl (C=O) groups excluding carboxylic acids is 1. The Morgan fingerprint density at radius 1 is 1.59 bits per heavy atom. The van der Waals surface area contributed by atoms with Gasteiger partial charge in [0.15, 0.2) is 0 Å². The minimum absolute atomic E-state index is 0.0948. The summed E-state index contributed by atoms with van der Waals surface area (Å²) in [5.41, 5.74) is 1.16. The molecule has 3 nitrogen and oxygen atoms in total. The van der Waals surface area contributed by atoms with Crippen LogP contribution < -0.4 is 10.6 Å². The van der Waals surface area contributed by atoms with Crippen LogP contribution in [-0.2, 0) is 0 Å². The zero-order chi connectivity index (χ0) is 12.3. The first kappa shape index (κ1) is 12.6. The summed E-state index contributed by atoms with van der Waals surface area (Å²) in [7, 11) is 0. The zero-order valence-electron chi connectivity index (χ0n) is 10.5. The molecule has 2 N–H and O–H groups in total. The molecule has 1 saturated heterocycles. The Bertz CT molecular complexity index is 381. The standard InChI is InChI=1S/C13H20N2OS/c1-9(2)11-5-7-17-12(11)13(16)15-10-4-3-6-14-8-10/h5,7,9-10,14H,3-4,6,8H2,1-2H3,(H,15,16)/t10-/m0/s1. The van der Waals surface area contributed by atoms with E-state index in [4.69, 9.17) is 0 Å². The Labute approximate surface area is 107 Å². The molecule has 17 heavy (non-hydrogen) atoms. The first-order valence-electron chi connectivity index (χ1n) is 6.27. The van der Waals surface area contributed by atoms with Gasteiger partial charge in [0, 0.05) is 12.6 Å². The fourth-order valence-electron chi connectivity index (χ4n) is 2.18. The first-order chi connectivity index (χ1) is 8.18. The molecule has 0 unspecified atom stereocenters. The number of amides is 1. The normalized spacial score (nSPS) is 20.5. The lowest BCUT2D eigenvalue weighted by Gasteiger charge is -2.23. The van der Waals surface area contributed by atoms with E-state index in [0.29, 0.717) is 12.0 Å². The second kappa shape index (κ2) is 5.65. The molecule has 1 amide bonds. The summed E-state index contributed by atoms with van der Waals surface area (Å²) in [6.45, 7) is 6.22. The third-order valence-corrected chi connectivity index (χ3v) is 4.08. The van der Waals surface area contributed by atoms with Gasteiger partial charge in [0.1, 0.15) is 0 Å². The van der Waals surface area contributed by atoms with Crippen molar-refractivity contribution >= 4 is 17.2 Å². The largest absolute Gasteiger partial charge is 0.347 e. The molecule has 1 aliphatic rings. The van der Waals surface area contributed by atoms with Crippen LogP contribution in [0.4, 0.5) is 0 Å². The third kappa shape index (κ3) is 3.07. The molecule has 1 aromatic heterocycles. The van der Waals surface area contributed by atoms with E-state index in [1.807, 2.05) is 5.38 Å². The Morgan fingerprint density at radius 3 is 3.06 bits per heavy atom. The average molecular weight is 252 g/mol. The zero-order valence-corrected chi connectivity index (χ0v) is 11.3. The lowest BCUT2D eigenvalue weighted by Crippen LogP contribution is -2.45. The number of hydrogen-bond acceptors (Lipinski definition) is 3. The molecule has 1 aromatic rings. The van der Waals surface area contributed by atoms with Crippen LogP contribution in [0.5, 0.6) is 0 Å². The van der Waals surface area contributed by atoms with Gasteiger partial charge < -0.3 is 10.6 Å². The molecule has 0 aromatic carbocycles. The van der Waals surface area contributed by atoms with Crippen LogP contribution in [0.1, 0.15) is 47.8 Å². The van der Waals surface area contributed by atoms with E-state index in [1.54, 1.807) is 11.3 Å². The van der Waals surface area contributed by atoms with Crippen molar-refractivity contribution in [2.24, 2.45) is 0 Å². The highest BCUT2D eigenvalue weighted by molar-refractivity contribution is 7.12. The number of piperidine rings is 1. The van der Waals surface area contributed by atoms with E-state index in [9.17, 15) is 4.79 Å². The molecule has 2 heterocycles. The molecule has 0 radical (unpaired) electrons. The van der Waals surface area contributed by atoms with Gasteiger partial charge in [0.05, 0.1) is 4.88 Å². The summed E-state index contributed by atoms with van der Waals surface area (Å²) in [5, 5.41) is 8.44. The molecule has 2 rings (SSSR count). The van der Waals surface area contributed by atoms with Gasteiger partial charge in [-0.3, -0.25) is 4.79 Å². The minimum Gasteiger partial charge on any atom is -0.347 e. The van der Waals surface area contributed by atoms with Gasteiger partial charge in [-0.1, -0.05) is 13.8 Å².